The largest absolute Gasteiger partial charge is 0.418 e. The predicted molar refractivity (Wildman–Crippen MR) is 110 cm³/mol. The first kappa shape index (κ1) is 23.5. The van der Waals surface area contributed by atoms with Crippen molar-refractivity contribution in [1.29, 1.82) is 0 Å². The van der Waals surface area contributed by atoms with Gasteiger partial charge in [-0.05, 0) is 24.7 Å². The van der Waals surface area contributed by atoms with Crippen LogP contribution in [0.25, 0.3) is 0 Å². The number of piperazine rings is 1. The molecule has 180 valence electrons. The average molecular weight is 484 g/mol. The van der Waals surface area contributed by atoms with E-state index in [1.54, 1.807) is 11.0 Å². The smallest absolute Gasteiger partial charge is 0.328 e. The zero-order valence-corrected chi connectivity index (χ0v) is 17.8. The summed E-state index contributed by atoms with van der Waals surface area (Å²) in [6.07, 6.45) is 0. The number of rotatable bonds is 6. The molecule has 2 heterocycles. The van der Waals surface area contributed by atoms with Crippen molar-refractivity contribution in [3.63, 3.8) is 0 Å². The SMILES string of the molecule is CN1CCN(c2nc(NCc3cccc(F)c3)nc(Oc3c(F)c(F)c(F)c(F)c3F)n2)CC1. The second kappa shape index (κ2) is 9.71. The molecule has 0 radical (unpaired) electrons. The standard InChI is InChI=1S/C21H18F6N6O/c1-32-5-7-33(8-6-32)20-29-19(28-10-11-3-2-4-12(22)9-11)30-21(31-20)34-18-16(26)14(24)13(23)15(25)17(18)27/h2-4,9H,5-8,10H2,1H3,(H,28,29,30,31). The highest BCUT2D eigenvalue weighted by molar-refractivity contribution is 5.41. The normalized spacial score (nSPS) is 14.4. The van der Waals surface area contributed by atoms with Crippen LogP contribution in [0.2, 0.25) is 0 Å². The van der Waals surface area contributed by atoms with Crippen LogP contribution in [-0.4, -0.2) is 53.1 Å². The van der Waals surface area contributed by atoms with Crippen LogP contribution in [0.5, 0.6) is 11.8 Å². The number of nitrogens with zero attached hydrogens (tertiary/aromatic N) is 5. The number of nitrogens with one attached hydrogen (secondary N) is 1. The monoisotopic (exact) mass is 484 g/mol. The van der Waals surface area contributed by atoms with Gasteiger partial charge in [0.15, 0.2) is 0 Å². The van der Waals surface area contributed by atoms with Gasteiger partial charge >= 0.3 is 6.01 Å². The van der Waals surface area contributed by atoms with Crippen molar-refractivity contribution in [2.75, 3.05) is 43.4 Å². The summed E-state index contributed by atoms with van der Waals surface area (Å²) in [5.74, 6) is -13.0. The summed E-state index contributed by atoms with van der Waals surface area (Å²) in [5, 5.41) is 2.82. The van der Waals surface area contributed by atoms with Gasteiger partial charge in [0.1, 0.15) is 5.82 Å². The van der Waals surface area contributed by atoms with Gasteiger partial charge in [-0.15, -0.1) is 0 Å². The highest BCUT2D eigenvalue weighted by atomic mass is 19.2. The molecule has 0 amide bonds. The van der Waals surface area contributed by atoms with Crippen molar-refractivity contribution >= 4 is 11.9 Å². The van der Waals surface area contributed by atoms with Crippen molar-refractivity contribution in [2.45, 2.75) is 6.54 Å². The van der Waals surface area contributed by atoms with Gasteiger partial charge in [-0.25, -0.2) is 17.6 Å². The van der Waals surface area contributed by atoms with Crippen LogP contribution >= 0.6 is 0 Å². The first-order valence-electron chi connectivity index (χ1n) is 10.1. The fraction of sp³-hybridized carbons (Fsp3) is 0.286. The Hall–Kier alpha value is -3.61. The molecule has 1 fully saturated rings. The minimum absolute atomic E-state index is 0.0729. The van der Waals surface area contributed by atoms with Crippen LogP contribution in [0.3, 0.4) is 0 Å². The van der Waals surface area contributed by atoms with Crippen molar-refractivity contribution < 1.29 is 31.1 Å². The van der Waals surface area contributed by atoms with Gasteiger partial charge in [0.05, 0.1) is 0 Å². The van der Waals surface area contributed by atoms with Crippen molar-refractivity contribution in [1.82, 2.24) is 19.9 Å². The number of halogens is 6. The molecular formula is C21H18F6N6O. The zero-order valence-electron chi connectivity index (χ0n) is 17.8. The van der Waals surface area contributed by atoms with E-state index in [1.165, 1.54) is 18.2 Å². The third kappa shape index (κ3) is 4.98. The highest BCUT2D eigenvalue weighted by Crippen LogP contribution is 2.32. The number of hydrogen-bond acceptors (Lipinski definition) is 7. The summed E-state index contributed by atoms with van der Waals surface area (Å²) >= 11 is 0. The predicted octanol–water partition coefficient (Wildman–Crippen LogP) is 3.86. The Morgan fingerprint density at radius 1 is 0.853 bits per heavy atom. The molecule has 1 N–H and O–H groups in total. The lowest BCUT2D eigenvalue weighted by Crippen LogP contribution is -2.45. The van der Waals surface area contributed by atoms with Crippen molar-refractivity contribution in [3.8, 4) is 11.8 Å². The van der Waals surface area contributed by atoms with E-state index < -0.39 is 46.7 Å². The van der Waals surface area contributed by atoms with E-state index in [-0.39, 0.29) is 18.4 Å². The summed E-state index contributed by atoms with van der Waals surface area (Å²) in [5.41, 5.74) is 0.545. The lowest BCUT2D eigenvalue weighted by Gasteiger charge is -2.32. The van der Waals surface area contributed by atoms with E-state index in [9.17, 15) is 26.3 Å². The molecule has 3 aromatic rings. The Labute approximate surface area is 190 Å². The third-order valence-electron chi connectivity index (χ3n) is 5.09. The van der Waals surface area contributed by atoms with Gasteiger partial charge < -0.3 is 19.9 Å². The molecule has 0 spiro atoms. The Kier molecular flexibility index (Phi) is 6.72. The number of hydrogen-bond donors (Lipinski definition) is 1. The molecule has 0 atom stereocenters. The summed E-state index contributed by atoms with van der Waals surface area (Å²) < 4.78 is 87.1. The lowest BCUT2D eigenvalue weighted by molar-refractivity contribution is 0.308. The van der Waals surface area contributed by atoms with Crippen LogP contribution in [0.15, 0.2) is 24.3 Å². The van der Waals surface area contributed by atoms with Gasteiger partial charge in [-0.3, -0.25) is 0 Å². The van der Waals surface area contributed by atoms with Crippen LogP contribution in [-0.2, 0) is 6.54 Å². The third-order valence-corrected chi connectivity index (χ3v) is 5.09. The van der Waals surface area contributed by atoms with Gasteiger partial charge in [-0.2, -0.15) is 23.7 Å². The minimum atomic E-state index is -2.31. The van der Waals surface area contributed by atoms with Gasteiger partial charge in [-0.1, -0.05) is 12.1 Å². The maximum absolute atomic E-state index is 14.1. The molecule has 0 unspecified atom stereocenters. The Morgan fingerprint density at radius 3 is 2.15 bits per heavy atom. The molecule has 34 heavy (non-hydrogen) atoms. The number of anilines is 2. The molecule has 0 saturated carbocycles. The van der Waals surface area contributed by atoms with Crippen LogP contribution < -0.4 is 15.0 Å². The Bertz CT molecular complexity index is 1180. The topological polar surface area (TPSA) is 66.4 Å². The minimum Gasteiger partial charge on any atom is -0.418 e. The zero-order chi connectivity index (χ0) is 24.4. The Morgan fingerprint density at radius 2 is 1.50 bits per heavy atom. The van der Waals surface area contributed by atoms with E-state index in [4.69, 9.17) is 4.74 Å². The maximum atomic E-state index is 14.1. The number of aromatic nitrogens is 3. The molecule has 4 rings (SSSR count). The average Bonchev–Trinajstić information content (AvgIpc) is 2.83. The maximum Gasteiger partial charge on any atom is 0.328 e. The van der Waals surface area contributed by atoms with Crippen LogP contribution in [0.1, 0.15) is 5.56 Å². The van der Waals surface area contributed by atoms with E-state index in [1.807, 2.05) is 7.05 Å². The second-order valence-electron chi connectivity index (χ2n) is 7.52. The number of likely N-dealkylation sites (N-methyl/N-ethyl adjacent to an activating group) is 1. The van der Waals surface area contributed by atoms with E-state index in [0.717, 1.165) is 0 Å². The number of benzene rings is 2. The van der Waals surface area contributed by atoms with E-state index in [0.29, 0.717) is 31.7 Å². The molecule has 1 aliphatic heterocycles. The van der Waals surface area contributed by atoms with E-state index in [2.05, 4.69) is 25.2 Å². The van der Waals surface area contributed by atoms with Gasteiger partial charge in [0, 0.05) is 32.7 Å². The number of ether oxygens (including phenoxy) is 1. The molecule has 13 heteroatoms. The van der Waals surface area contributed by atoms with Crippen LogP contribution in [0.4, 0.5) is 38.2 Å². The molecule has 0 bridgehead atoms. The quantitative estimate of drug-likeness (QED) is 0.324. The molecule has 2 aromatic carbocycles. The van der Waals surface area contributed by atoms with Crippen molar-refractivity contribution in [2.24, 2.45) is 0 Å². The lowest BCUT2D eigenvalue weighted by atomic mass is 10.2. The van der Waals surface area contributed by atoms with Crippen LogP contribution in [0, 0.1) is 34.9 Å². The highest BCUT2D eigenvalue weighted by Gasteiger charge is 2.29. The summed E-state index contributed by atoms with van der Waals surface area (Å²) in [7, 11) is 1.93. The van der Waals surface area contributed by atoms with Gasteiger partial charge in [0.25, 0.3) is 0 Å². The summed E-state index contributed by atoms with van der Waals surface area (Å²) in [6.45, 7) is 2.43. The second-order valence-corrected chi connectivity index (χ2v) is 7.52. The fourth-order valence-corrected chi connectivity index (χ4v) is 3.21. The summed E-state index contributed by atoms with van der Waals surface area (Å²) in [6, 6.07) is 5.02. The fourth-order valence-electron chi connectivity index (χ4n) is 3.21. The Balaban J connectivity index is 1.67. The molecule has 7 nitrogen and oxygen atoms in total. The van der Waals surface area contributed by atoms with Crippen molar-refractivity contribution in [3.05, 3.63) is 64.7 Å². The molecule has 1 aromatic heterocycles. The van der Waals surface area contributed by atoms with Gasteiger partial charge in [0.2, 0.25) is 46.7 Å². The van der Waals surface area contributed by atoms with E-state index >= 15 is 0 Å². The summed E-state index contributed by atoms with van der Waals surface area (Å²) in [4.78, 5) is 16.0. The molecular weight excluding hydrogens is 466 g/mol. The first-order chi connectivity index (χ1) is 16.2. The molecule has 1 saturated heterocycles. The molecule has 1 aliphatic rings. The molecule has 0 aliphatic carbocycles. The first-order valence-corrected chi connectivity index (χ1v) is 10.1.